The van der Waals surface area contributed by atoms with E-state index in [9.17, 15) is 22.4 Å². The van der Waals surface area contributed by atoms with Gasteiger partial charge in [0.1, 0.15) is 5.82 Å². The molecular weight excluding hydrogens is 372 g/mol. The van der Waals surface area contributed by atoms with Crippen molar-refractivity contribution < 1.29 is 22.4 Å². The lowest BCUT2D eigenvalue weighted by Crippen LogP contribution is -2.48. The molecule has 3 aliphatic heterocycles. The molecule has 1 aromatic carbocycles. The summed E-state index contributed by atoms with van der Waals surface area (Å²) in [7, 11) is 1.82. The van der Waals surface area contributed by atoms with Crippen molar-refractivity contribution in [3.63, 3.8) is 0 Å². The Morgan fingerprint density at radius 2 is 1.96 bits per heavy atom. The maximum absolute atomic E-state index is 14.6. The van der Waals surface area contributed by atoms with Crippen LogP contribution in [0.1, 0.15) is 0 Å². The number of anilines is 2. The van der Waals surface area contributed by atoms with Crippen molar-refractivity contribution >= 4 is 35.0 Å². The van der Waals surface area contributed by atoms with Crippen LogP contribution in [0, 0.1) is 5.82 Å². The van der Waals surface area contributed by atoms with Gasteiger partial charge in [0.2, 0.25) is 18.8 Å². The number of benzene rings is 1. The Bertz CT molecular complexity index is 842. The number of halogens is 4. The molecule has 0 fully saturated rings. The van der Waals surface area contributed by atoms with Gasteiger partial charge in [-0.1, -0.05) is 18.3 Å². The molecule has 0 aromatic heterocycles. The van der Waals surface area contributed by atoms with Crippen LogP contribution in [0.4, 0.5) is 28.9 Å². The molecule has 3 aliphatic rings. The van der Waals surface area contributed by atoms with Gasteiger partial charge in [-0.15, -0.1) is 0 Å². The van der Waals surface area contributed by atoms with E-state index in [1.165, 1.54) is 22.7 Å². The van der Waals surface area contributed by atoms with Crippen molar-refractivity contribution in [3.05, 3.63) is 41.6 Å². The molecule has 0 radical (unpaired) electrons. The van der Waals surface area contributed by atoms with Gasteiger partial charge in [0, 0.05) is 18.5 Å². The highest BCUT2D eigenvalue weighted by atomic mass is 32.2. The number of amides is 1. The monoisotopic (exact) mass is 386 g/mol. The summed E-state index contributed by atoms with van der Waals surface area (Å²) in [5.41, 5.74) is 0.815. The number of nitrogens with zero attached hydrogens (tertiary/aromatic N) is 4. The molecule has 1 aromatic rings. The molecule has 138 valence electrons. The molecule has 0 aliphatic carbocycles. The molecular formula is C16H14F4N4OS. The fourth-order valence-corrected chi connectivity index (χ4v) is 3.73. The smallest absolute Gasteiger partial charge is 0.262 e. The van der Waals surface area contributed by atoms with Crippen LogP contribution in [0.15, 0.2) is 45.7 Å². The van der Waals surface area contributed by atoms with Crippen LogP contribution in [0.2, 0.25) is 0 Å². The first kappa shape index (κ1) is 18.3. The first-order chi connectivity index (χ1) is 12.4. The summed E-state index contributed by atoms with van der Waals surface area (Å²) in [5.74, 6) is -1.74. The van der Waals surface area contributed by atoms with Gasteiger partial charge in [-0.3, -0.25) is 14.7 Å². The van der Waals surface area contributed by atoms with Crippen LogP contribution in [0.25, 0.3) is 0 Å². The predicted octanol–water partition coefficient (Wildman–Crippen LogP) is 3.55. The zero-order valence-electron chi connectivity index (χ0n) is 13.7. The van der Waals surface area contributed by atoms with E-state index in [-0.39, 0.29) is 11.6 Å². The highest BCUT2D eigenvalue weighted by Gasteiger charge is 2.37. The molecule has 0 unspecified atom stereocenters. The Morgan fingerprint density at radius 3 is 2.65 bits per heavy atom. The topological polar surface area (TPSA) is 39.2 Å². The number of fused-ring (bicyclic) bond motifs is 2. The summed E-state index contributed by atoms with van der Waals surface area (Å²) in [5, 5.41) is 0.771. The average molecular weight is 386 g/mol. The normalized spacial score (nSPS) is 18.3. The van der Waals surface area contributed by atoms with E-state index in [1.54, 1.807) is 6.07 Å². The largest absolute Gasteiger partial charge is 0.339 e. The number of alkyl halides is 2. The summed E-state index contributed by atoms with van der Waals surface area (Å²) in [6.07, 6.45) is 0.856. The van der Waals surface area contributed by atoms with E-state index in [4.69, 9.17) is 0 Å². The molecule has 0 spiro atoms. The molecule has 0 N–H and O–H groups in total. The zero-order chi connectivity index (χ0) is 19.0. The van der Waals surface area contributed by atoms with Crippen molar-refractivity contribution in [1.82, 2.24) is 4.90 Å². The van der Waals surface area contributed by atoms with Crippen LogP contribution >= 0.6 is 11.8 Å². The second-order valence-electron chi connectivity index (χ2n) is 5.40. The molecule has 0 saturated carbocycles. The highest BCUT2D eigenvalue weighted by Crippen LogP contribution is 2.47. The minimum absolute atomic E-state index is 0.0605. The Kier molecular flexibility index (Phi) is 4.94. The number of thioether (sulfide) groups is 1. The Hall–Kier alpha value is -2.49. The Morgan fingerprint density at radius 1 is 1.27 bits per heavy atom. The van der Waals surface area contributed by atoms with Crippen molar-refractivity contribution in [2.24, 2.45) is 4.99 Å². The van der Waals surface area contributed by atoms with Crippen molar-refractivity contribution in [1.29, 1.82) is 0 Å². The molecule has 0 atom stereocenters. The zero-order valence-corrected chi connectivity index (χ0v) is 14.5. The molecule has 26 heavy (non-hydrogen) atoms. The summed E-state index contributed by atoms with van der Waals surface area (Å²) in [6, 6.07) is 2.94. The van der Waals surface area contributed by atoms with Gasteiger partial charge in [0.25, 0.3) is 5.91 Å². The molecule has 5 nitrogen and oxygen atoms in total. The van der Waals surface area contributed by atoms with E-state index in [0.29, 0.717) is 13.1 Å². The van der Waals surface area contributed by atoms with Gasteiger partial charge >= 0.3 is 0 Å². The molecule has 0 bridgehead atoms. The summed E-state index contributed by atoms with van der Waals surface area (Å²) in [4.78, 5) is 21.3. The van der Waals surface area contributed by atoms with Gasteiger partial charge in [-0.2, -0.15) is 4.39 Å². The van der Waals surface area contributed by atoms with Gasteiger partial charge in [0.05, 0.1) is 29.0 Å². The summed E-state index contributed by atoms with van der Waals surface area (Å²) >= 11 is 1.36. The first-order valence-electron chi connectivity index (χ1n) is 7.48. The number of hydrogen-bond donors (Lipinski definition) is 0. The number of hydrogen-bond acceptors (Lipinski definition) is 5. The molecule has 0 saturated heterocycles. The van der Waals surface area contributed by atoms with Gasteiger partial charge < -0.3 is 4.90 Å². The van der Waals surface area contributed by atoms with Crippen LogP contribution in [-0.2, 0) is 4.79 Å². The third-order valence-corrected chi connectivity index (χ3v) is 5.03. The number of carbonyl (C=O) groups is 1. The SMILES string of the molecule is C=C1Sc2cc(F)c(N3C(=O)C=C(F)N4CCN=C43)cc2N1C.FCF. The lowest BCUT2D eigenvalue weighted by atomic mass is 10.2. The third kappa shape index (κ3) is 2.94. The van der Waals surface area contributed by atoms with Gasteiger partial charge in [-0.25, -0.2) is 18.1 Å². The van der Waals surface area contributed by atoms with E-state index in [2.05, 4.69) is 11.6 Å². The first-order valence-corrected chi connectivity index (χ1v) is 8.30. The third-order valence-electron chi connectivity index (χ3n) is 3.97. The van der Waals surface area contributed by atoms with Crippen molar-refractivity contribution in [2.45, 2.75) is 4.90 Å². The van der Waals surface area contributed by atoms with E-state index in [0.717, 1.165) is 26.6 Å². The maximum atomic E-state index is 14.6. The maximum Gasteiger partial charge on any atom is 0.262 e. The standard InChI is InChI=1S/C15H12F2N4OS.CH2F2/c1-8-19(2)11-6-10(9(16)5-12(11)23-8)21-14(22)7-13(17)20-4-3-18-15(20)21;2-1-3/h5-7H,1,3-4H2,2H3;1H2. The number of guanidine groups is 1. The van der Waals surface area contributed by atoms with Crippen LogP contribution in [0.5, 0.6) is 0 Å². The lowest BCUT2D eigenvalue weighted by Gasteiger charge is -2.31. The van der Waals surface area contributed by atoms with E-state index in [1.807, 2.05) is 11.9 Å². The average Bonchev–Trinajstić information content (AvgIpc) is 3.15. The molecule has 10 heteroatoms. The minimum Gasteiger partial charge on any atom is -0.339 e. The minimum atomic E-state index is -1.75. The molecule has 1 amide bonds. The fraction of sp³-hybridized carbons (Fsp3) is 0.250. The quantitative estimate of drug-likeness (QED) is 0.547. The second kappa shape index (κ2) is 7.02. The number of carbonyl (C=O) groups excluding carboxylic acids is 1. The fourth-order valence-electron chi connectivity index (χ4n) is 2.78. The highest BCUT2D eigenvalue weighted by molar-refractivity contribution is 8.03. The Balaban J connectivity index is 0.000000613. The van der Waals surface area contributed by atoms with Crippen molar-refractivity contribution in [3.8, 4) is 0 Å². The number of rotatable bonds is 1. The summed E-state index contributed by atoms with van der Waals surface area (Å²) in [6.45, 7) is 2.84. The van der Waals surface area contributed by atoms with E-state index >= 15 is 0 Å². The van der Waals surface area contributed by atoms with Gasteiger partial charge in [0.15, 0.2) is 0 Å². The second-order valence-corrected chi connectivity index (χ2v) is 6.52. The molecule has 3 heterocycles. The van der Waals surface area contributed by atoms with Crippen molar-refractivity contribution in [2.75, 3.05) is 36.9 Å². The van der Waals surface area contributed by atoms with Gasteiger partial charge in [-0.05, 0) is 12.1 Å². The number of aliphatic imine (C=N–C) groups is 1. The lowest BCUT2D eigenvalue weighted by molar-refractivity contribution is -0.113. The van der Waals surface area contributed by atoms with E-state index < -0.39 is 24.6 Å². The van der Waals surface area contributed by atoms with Crippen LogP contribution < -0.4 is 9.80 Å². The Labute approximate surface area is 151 Å². The predicted molar refractivity (Wildman–Crippen MR) is 92.6 cm³/mol. The molecule has 4 rings (SSSR count). The van der Waals surface area contributed by atoms with Crippen LogP contribution in [-0.4, -0.2) is 43.8 Å². The summed E-state index contributed by atoms with van der Waals surface area (Å²) < 4.78 is 47.7. The van der Waals surface area contributed by atoms with Crippen LogP contribution in [0.3, 0.4) is 0 Å².